The highest BCUT2D eigenvalue weighted by Crippen LogP contribution is 2.49. The number of carbonyl (C=O) groups excluding carboxylic acids is 1. The maximum atomic E-state index is 14.5. The molecular weight excluding hydrogens is 394 g/mol. The van der Waals surface area contributed by atoms with E-state index in [2.05, 4.69) is 0 Å². The van der Waals surface area contributed by atoms with Gasteiger partial charge < -0.3 is 5.11 Å². The van der Waals surface area contributed by atoms with Crippen LogP contribution in [0, 0.1) is 22.5 Å². The normalized spacial score (nSPS) is 18.3. The monoisotopic (exact) mass is 418 g/mol. The Bertz CT molecular complexity index is 1040. The van der Waals surface area contributed by atoms with Gasteiger partial charge in [-0.2, -0.15) is 0 Å². The first-order chi connectivity index (χ1) is 13.4. The minimum absolute atomic E-state index is 0.0384. The number of halogens is 3. The van der Waals surface area contributed by atoms with Gasteiger partial charge in [0.15, 0.2) is 17.4 Å². The largest absolute Gasteiger partial charge is 0.511 e. The molecule has 2 nitrogen and oxygen atoms in total. The molecule has 2 aromatic rings. The second-order valence-electron chi connectivity index (χ2n) is 8.95. The van der Waals surface area contributed by atoms with Gasteiger partial charge in [0.05, 0.1) is 10.6 Å². The topological polar surface area (TPSA) is 37.3 Å². The van der Waals surface area contributed by atoms with Crippen LogP contribution in [0.5, 0.6) is 0 Å². The van der Waals surface area contributed by atoms with Gasteiger partial charge in [-0.25, -0.2) is 8.78 Å². The first-order valence-corrected chi connectivity index (χ1v) is 10.0. The van der Waals surface area contributed by atoms with Crippen molar-refractivity contribution in [3.05, 3.63) is 63.9 Å². The van der Waals surface area contributed by atoms with E-state index in [4.69, 9.17) is 11.6 Å². The van der Waals surface area contributed by atoms with E-state index in [0.717, 1.165) is 5.56 Å². The molecule has 1 aliphatic carbocycles. The van der Waals surface area contributed by atoms with Crippen LogP contribution in [0.15, 0.2) is 36.1 Å². The van der Waals surface area contributed by atoms with Crippen LogP contribution in [-0.4, -0.2) is 10.9 Å². The zero-order chi connectivity index (χ0) is 21.7. The van der Waals surface area contributed by atoms with Crippen LogP contribution in [0.3, 0.4) is 0 Å². The zero-order valence-electron chi connectivity index (χ0n) is 17.3. The fraction of sp³-hybridized carbons (Fsp3) is 0.375. The van der Waals surface area contributed by atoms with E-state index in [1.807, 2.05) is 34.6 Å². The minimum Gasteiger partial charge on any atom is -0.511 e. The van der Waals surface area contributed by atoms with Crippen molar-refractivity contribution in [3.63, 3.8) is 0 Å². The average Bonchev–Trinajstić information content (AvgIpc) is 2.64. The summed E-state index contributed by atoms with van der Waals surface area (Å²) in [5, 5.41) is 10.7. The van der Waals surface area contributed by atoms with E-state index in [-0.39, 0.29) is 27.7 Å². The van der Waals surface area contributed by atoms with Crippen molar-refractivity contribution in [2.24, 2.45) is 10.8 Å². The van der Waals surface area contributed by atoms with Crippen LogP contribution < -0.4 is 0 Å². The molecule has 5 heteroatoms. The zero-order valence-corrected chi connectivity index (χ0v) is 18.0. The lowest BCUT2D eigenvalue weighted by Gasteiger charge is -2.40. The van der Waals surface area contributed by atoms with Crippen molar-refractivity contribution >= 4 is 23.0 Å². The SMILES string of the molecule is CCc1ccc(-c2ccc(Cl)c(F)c2F)cc1C1=C(O)C(C)(C)CC(C)(C)C1=O. The summed E-state index contributed by atoms with van der Waals surface area (Å²) in [5.74, 6) is -2.26. The van der Waals surface area contributed by atoms with Crippen LogP contribution in [0.25, 0.3) is 16.7 Å². The van der Waals surface area contributed by atoms with Crippen LogP contribution in [0.2, 0.25) is 5.02 Å². The summed E-state index contributed by atoms with van der Waals surface area (Å²) in [5.41, 5.74) is 0.918. The number of Topliss-reactive ketones (excluding diaryl/α,β-unsaturated/α-hetero) is 1. The summed E-state index contributed by atoms with van der Waals surface area (Å²) in [7, 11) is 0. The van der Waals surface area contributed by atoms with Gasteiger partial charge in [0.25, 0.3) is 0 Å². The second kappa shape index (κ2) is 7.24. The number of rotatable bonds is 3. The fourth-order valence-electron chi connectivity index (χ4n) is 4.34. The molecule has 0 amide bonds. The Labute approximate surface area is 175 Å². The molecule has 0 saturated carbocycles. The lowest BCUT2D eigenvalue weighted by atomic mass is 9.63. The molecule has 0 fully saturated rings. The molecular formula is C24H25ClF2O2. The quantitative estimate of drug-likeness (QED) is 0.537. The molecule has 3 rings (SSSR count). The summed E-state index contributed by atoms with van der Waals surface area (Å²) in [4.78, 5) is 13.3. The molecule has 0 unspecified atom stereocenters. The highest BCUT2D eigenvalue weighted by molar-refractivity contribution is 6.30. The van der Waals surface area contributed by atoms with Gasteiger partial charge in [0.1, 0.15) is 5.76 Å². The number of hydrogen-bond donors (Lipinski definition) is 1. The molecule has 29 heavy (non-hydrogen) atoms. The van der Waals surface area contributed by atoms with E-state index in [9.17, 15) is 18.7 Å². The lowest BCUT2D eigenvalue weighted by Crippen LogP contribution is -2.38. The van der Waals surface area contributed by atoms with E-state index in [1.165, 1.54) is 12.1 Å². The van der Waals surface area contributed by atoms with Crippen molar-refractivity contribution < 1.29 is 18.7 Å². The molecule has 0 spiro atoms. The van der Waals surface area contributed by atoms with E-state index < -0.39 is 22.5 Å². The van der Waals surface area contributed by atoms with Gasteiger partial charge in [-0.3, -0.25) is 4.79 Å². The number of aliphatic hydroxyl groups is 1. The van der Waals surface area contributed by atoms with Gasteiger partial charge >= 0.3 is 0 Å². The summed E-state index contributed by atoms with van der Waals surface area (Å²) >= 11 is 5.67. The summed E-state index contributed by atoms with van der Waals surface area (Å²) < 4.78 is 28.5. The Balaban J connectivity index is 2.29. The second-order valence-corrected chi connectivity index (χ2v) is 9.35. The number of carbonyl (C=O) groups is 1. The first kappa shape index (κ1) is 21.5. The Hall–Kier alpha value is -2.20. The number of aliphatic hydroxyl groups excluding tert-OH is 1. The van der Waals surface area contributed by atoms with Crippen molar-refractivity contribution in [2.45, 2.75) is 47.5 Å². The predicted molar refractivity (Wildman–Crippen MR) is 113 cm³/mol. The number of hydrogen-bond acceptors (Lipinski definition) is 2. The Morgan fingerprint density at radius 1 is 1.00 bits per heavy atom. The third-order valence-corrected chi connectivity index (χ3v) is 6.00. The number of ketones is 1. The van der Waals surface area contributed by atoms with Gasteiger partial charge in [-0.15, -0.1) is 0 Å². The van der Waals surface area contributed by atoms with E-state index >= 15 is 0 Å². The summed E-state index contributed by atoms with van der Waals surface area (Å²) in [6.45, 7) is 9.49. The van der Waals surface area contributed by atoms with Crippen LogP contribution in [0.4, 0.5) is 8.78 Å². The average molecular weight is 419 g/mol. The smallest absolute Gasteiger partial charge is 0.178 e. The van der Waals surface area contributed by atoms with E-state index in [1.54, 1.807) is 18.2 Å². The van der Waals surface area contributed by atoms with Gasteiger partial charge in [0, 0.05) is 16.4 Å². The highest BCUT2D eigenvalue weighted by atomic mass is 35.5. The minimum atomic E-state index is -1.11. The Morgan fingerprint density at radius 3 is 2.28 bits per heavy atom. The van der Waals surface area contributed by atoms with E-state index in [0.29, 0.717) is 24.0 Å². The molecule has 2 aromatic carbocycles. The van der Waals surface area contributed by atoms with Gasteiger partial charge in [-0.1, -0.05) is 58.4 Å². The van der Waals surface area contributed by atoms with Gasteiger partial charge in [0.2, 0.25) is 0 Å². The maximum absolute atomic E-state index is 14.5. The molecule has 0 aliphatic heterocycles. The molecule has 0 heterocycles. The maximum Gasteiger partial charge on any atom is 0.178 e. The first-order valence-electron chi connectivity index (χ1n) is 9.66. The van der Waals surface area contributed by atoms with Crippen LogP contribution in [-0.2, 0) is 11.2 Å². The highest BCUT2D eigenvalue weighted by Gasteiger charge is 2.46. The third kappa shape index (κ3) is 3.59. The molecule has 0 radical (unpaired) electrons. The van der Waals surface area contributed by atoms with Crippen LogP contribution in [0.1, 0.15) is 52.2 Å². The molecule has 0 saturated heterocycles. The Morgan fingerprint density at radius 2 is 1.66 bits per heavy atom. The molecule has 0 atom stereocenters. The molecule has 0 aromatic heterocycles. The van der Waals surface area contributed by atoms with Crippen LogP contribution >= 0.6 is 11.6 Å². The molecule has 1 aliphatic rings. The Kier molecular flexibility index (Phi) is 5.37. The molecule has 1 N–H and O–H groups in total. The van der Waals surface area contributed by atoms with Crippen molar-refractivity contribution in [2.75, 3.05) is 0 Å². The number of aryl methyl sites for hydroxylation is 1. The summed E-state index contributed by atoms with van der Waals surface area (Å²) in [6, 6.07) is 7.85. The third-order valence-electron chi connectivity index (χ3n) is 5.71. The number of allylic oxidation sites excluding steroid dienone is 2. The molecule has 0 bridgehead atoms. The van der Waals surface area contributed by atoms with Gasteiger partial charge in [-0.05, 0) is 47.7 Å². The van der Waals surface area contributed by atoms with Crippen molar-refractivity contribution in [1.82, 2.24) is 0 Å². The lowest BCUT2D eigenvalue weighted by molar-refractivity contribution is -0.124. The van der Waals surface area contributed by atoms with Crippen molar-refractivity contribution in [1.29, 1.82) is 0 Å². The van der Waals surface area contributed by atoms with Crippen molar-refractivity contribution in [3.8, 4) is 11.1 Å². The fourth-order valence-corrected chi connectivity index (χ4v) is 4.48. The predicted octanol–water partition coefficient (Wildman–Crippen LogP) is 7.14. The standard InChI is InChI=1S/C24H25ClF2O2/c1-6-13-7-8-14(15-9-10-17(25)20(27)19(15)26)11-16(13)18-21(28)23(2,3)12-24(4,5)22(18)29/h7-11,28H,6,12H2,1-5H3. The molecule has 154 valence electrons. The summed E-state index contributed by atoms with van der Waals surface area (Å²) in [6.07, 6.45) is 1.14. The number of benzene rings is 2.